The molecule has 0 saturated carbocycles. The van der Waals surface area contributed by atoms with Crippen LogP contribution in [0.1, 0.15) is 46.3 Å². The Bertz CT molecular complexity index is 1180. The molecule has 0 atom stereocenters. The Labute approximate surface area is 176 Å². The molecule has 0 aliphatic rings. The van der Waals surface area contributed by atoms with Gasteiger partial charge >= 0.3 is 5.69 Å². The van der Waals surface area contributed by atoms with Crippen molar-refractivity contribution in [1.29, 1.82) is 0 Å². The van der Waals surface area contributed by atoms with Gasteiger partial charge in [0, 0.05) is 32.4 Å². The van der Waals surface area contributed by atoms with Crippen LogP contribution in [0.2, 0.25) is 0 Å². The van der Waals surface area contributed by atoms with Crippen molar-refractivity contribution in [2.45, 2.75) is 53.5 Å². The number of benzene rings is 1. The van der Waals surface area contributed by atoms with Crippen LogP contribution in [0, 0.1) is 0 Å². The quantitative estimate of drug-likeness (QED) is 0.459. The van der Waals surface area contributed by atoms with Crippen molar-refractivity contribution in [2.75, 3.05) is 0 Å². The summed E-state index contributed by atoms with van der Waals surface area (Å²) < 4.78 is 10.2. The first-order chi connectivity index (χ1) is 14.6. The number of para-hydroxylation sites is 1. The van der Waals surface area contributed by atoms with Crippen LogP contribution < -0.4 is 11.2 Å². The second-order valence-corrected chi connectivity index (χ2v) is 6.53. The van der Waals surface area contributed by atoms with Crippen LogP contribution in [0.25, 0.3) is 22.1 Å². The molecule has 7 heteroatoms. The summed E-state index contributed by atoms with van der Waals surface area (Å²) in [5.41, 5.74) is 1.14. The Morgan fingerprint density at radius 1 is 1.00 bits per heavy atom. The number of imidazole rings is 1. The molecule has 0 aliphatic heterocycles. The SMILES string of the molecule is CC.CC.Cn1cnc2c1c(=O)n(CCCCc1cc3ccccc3o1)c(=O)n2C. The topological polar surface area (TPSA) is 75.0 Å². The Kier molecular flexibility index (Phi) is 8.21. The summed E-state index contributed by atoms with van der Waals surface area (Å²) in [4.78, 5) is 29.2. The predicted molar refractivity (Wildman–Crippen MR) is 122 cm³/mol. The molecule has 30 heavy (non-hydrogen) atoms. The van der Waals surface area contributed by atoms with E-state index < -0.39 is 0 Å². The Balaban J connectivity index is 0.000000757. The van der Waals surface area contributed by atoms with E-state index in [0.29, 0.717) is 17.7 Å². The van der Waals surface area contributed by atoms with Gasteiger partial charge in [0.25, 0.3) is 5.56 Å². The molecule has 3 heterocycles. The summed E-state index contributed by atoms with van der Waals surface area (Å²) in [6, 6.07) is 9.95. The fourth-order valence-corrected chi connectivity index (χ4v) is 3.32. The molecule has 0 aliphatic carbocycles. The minimum atomic E-state index is -0.329. The van der Waals surface area contributed by atoms with Gasteiger partial charge in [0.15, 0.2) is 11.2 Å². The van der Waals surface area contributed by atoms with E-state index in [2.05, 4.69) is 4.98 Å². The number of aryl methyl sites for hydroxylation is 3. The van der Waals surface area contributed by atoms with Crippen molar-refractivity contribution >= 4 is 22.1 Å². The van der Waals surface area contributed by atoms with Gasteiger partial charge in [-0.05, 0) is 25.0 Å². The van der Waals surface area contributed by atoms with E-state index in [-0.39, 0.29) is 11.2 Å². The van der Waals surface area contributed by atoms with E-state index in [1.54, 1.807) is 25.0 Å². The van der Waals surface area contributed by atoms with Crippen LogP contribution in [0.4, 0.5) is 0 Å². The molecule has 3 aromatic heterocycles. The third-order valence-corrected chi connectivity index (χ3v) is 4.73. The number of furan rings is 1. The van der Waals surface area contributed by atoms with Crippen LogP contribution in [0.3, 0.4) is 0 Å². The third-order valence-electron chi connectivity index (χ3n) is 4.73. The first-order valence-corrected chi connectivity index (χ1v) is 10.6. The van der Waals surface area contributed by atoms with Crippen molar-refractivity contribution < 1.29 is 4.42 Å². The minimum absolute atomic E-state index is 0.285. The second kappa shape index (κ2) is 10.6. The number of rotatable bonds is 5. The highest BCUT2D eigenvalue weighted by Gasteiger charge is 2.14. The first kappa shape index (κ1) is 23.2. The van der Waals surface area contributed by atoms with Gasteiger partial charge in [0.2, 0.25) is 0 Å². The number of fused-ring (bicyclic) bond motifs is 2. The molecule has 1 aromatic carbocycles. The summed E-state index contributed by atoms with van der Waals surface area (Å²) in [5.74, 6) is 0.925. The van der Waals surface area contributed by atoms with Crippen molar-refractivity contribution in [1.82, 2.24) is 18.7 Å². The standard InChI is InChI=1S/C19H20N4O3.2C2H6/c1-21-12-20-17-16(21)18(24)23(19(25)22(17)2)10-6-5-8-14-11-13-7-3-4-9-15(13)26-14;2*1-2/h3-4,7,9,11-12H,5-6,8,10H2,1-2H3;2*1-2H3. The van der Waals surface area contributed by atoms with Gasteiger partial charge in [-0.25, -0.2) is 9.78 Å². The predicted octanol–water partition coefficient (Wildman–Crippen LogP) is 4.26. The fourth-order valence-electron chi connectivity index (χ4n) is 3.32. The molecule has 0 bridgehead atoms. The molecule has 7 nitrogen and oxygen atoms in total. The van der Waals surface area contributed by atoms with Crippen LogP contribution >= 0.6 is 0 Å². The molecule has 0 spiro atoms. The maximum atomic E-state index is 12.6. The summed E-state index contributed by atoms with van der Waals surface area (Å²) in [7, 11) is 3.40. The molecule has 4 rings (SSSR count). The summed E-state index contributed by atoms with van der Waals surface area (Å²) in [6.07, 6.45) is 3.88. The van der Waals surface area contributed by atoms with Gasteiger partial charge in [0.1, 0.15) is 11.3 Å². The number of unbranched alkanes of at least 4 members (excludes halogenated alkanes) is 1. The summed E-state index contributed by atoms with van der Waals surface area (Å²) >= 11 is 0. The normalized spacial score (nSPS) is 10.5. The van der Waals surface area contributed by atoms with Crippen LogP contribution in [-0.4, -0.2) is 18.7 Å². The molecule has 0 fully saturated rings. The average molecular weight is 413 g/mol. The van der Waals surface area contributed by atoms with E-state index in [9.17, 15) is 9.59 Å². The molecule has 0 radical (unpaired) electrons. The first-order valence-electron chi connectivity index (χ1n) is 10.6. The lowest BCUT2D eigenvalue weighted by Gasteiger charge is -2.08. The average Bonchev–Trinajstić information content (AvgIpc) is 3.37. The lowest BCUT2D eigenvalue weighted by atomic mass is 10.2. The second-order valence-electron chi connectivity index (χ2n) is 6.53. The fraction of sp³-hybridized carbons (Fsp3) is 0.435. The number of aromatic nitrogens is 4. The Morgan fingerprint density at radius 2 is 1.70 bits per heavy atom. The van der Waals surface area contributed by atoms with E-state index in [1.165, 1.54) is 9.13 Å². The van der Waals surface area contributed by atoms with Gasteiger partial charge < -0.3 is 8.98 Å². The van der Waals surface area contributed by atoms with Crippen molar-refractivity contribution in [3.05, 3.63) is 63.3 Å². The van der Waals surface area contributed by atoms with Gasteiger partial charge in [-0.2, -0.15) is 0 Å². The molecular formula is C23H32N4O3. The lowest BCUT2D eigenvalue weighted by molar-refractivity contribution is 0.507. The van der Waals surface area contributed by atoms with Crippen molar-refractivity contribution in [3.8, 4) is 0 Å². The van der Waals surface area contributed by atoms with E-state index in [4.69, 9.17) is 4.42 Å². The maximum absolute atomic E-state index is 12.6. The molecule has 0 N–H and O–H groups in total. The van der Waals surface area contributed by atoms with Crippen LogP contribution in [0.5, 0.6) is 0 Å². The monoisotopic (exact) mass is 412 g/mol. The number of hydrogen-bond acceptors (Lipinski definition) is 4. The van der Waals surface area contributed by atoms with Gasteiger partial charge in [-0.15, -0.1) is 0 Å². The summed E-state index contributed by atoms with van der Waals surface area (Å²) in [6.45, 7) is 8.38. The maximum Gasteiger partial charge on any atom is 0.332 e. The van der Waals surface area contributed by atoms with Gasteiger partial charge in [-0.1, -0.05) is 45.9 Å². The highest BCUT2D eigenvalue weighted by Crippen LogP contribution is 2.20. The van der Waals surface area contributed by atoms with Gasteiger partial charge in [-0.3, -0.25) is 13.9 Å². The molecule has 0 saturated heterocycles. The van der Waals surface area contributed by atoms with Crippen molar-refractivity contribution in [2.24, 2.45) is 14.1 Å². The van der Waals surface area contributed by atoms with E-state index in [0.717, 1.165) is 36.0 Å². The molecule has 0 amide bonds. The molecular weight excluding hydrogens is 380 g/mol. The highest BCUT2D eigenvalue weighted by atomic mass is 16.3. The molecule has 162 valence electrons. The number of hydrogen-bond donors (Lipinski definition) is 0. The van der Waals surface area contributed by atoms with Crippen molar-refractivity contribution in [3.63, 3.8) is 0 Å². The Hall–Kier alpha value is -3.09. The summed E-state index contributed by atoms with van der Waals surface area (Å²) in [5, 5.41) is 1.09. The smallest absolute Gasteiger partial charge is 0.332 e. The zero-order chi connectivity index (χ0) is 22.3. The molecule has 0 unspecified atom stereocenters. The highest BCUT2D eigenvalue weighted by molar-refractivity contribution is 5.77. The Morgan fingerprint density at radius 3 is 2.40 bits per heavy atom. The number of nitrogens with zero attached hydrogens (tertiary/aromatic N) is 4. The van der Waals surface area contributed by atoms with Crippen LogP contribution in [0.15, 0.2) is 50.7 Å². The molecule has 4 aromatic rings. The zero-order valence-corrected chi connectivity index (χ0v) is 18.8. The van der Waals surface area contributed by atoms with Gasteiger partial charge in [0.05, 0.1) is 6.33 Å². The third kappa shape index (κ3) is 4.56. The minimum Gasteiger partial charge on any atom is -0.461 e. The van der Waals surface area contributed by atoms with E-state index >= 15 is 0 Å². The van der Waals surface area contributed by atoms with E-state index in [1.807, 2.05) is 58.0 Å². The zero-order valence-electron chi connectivity index (χ0n) is 18.8. The lowest BCUT2D eigenvalue weighted by Crippen LogP contribution is -2.39. The largest absolute Gasteiger partial charge is 0.461 e. The van der Waals surface area contributed by atoms with Crippen LogP contribution in [-0.2, 0) is 27.1 Å².